The summed E-state index contributed by atoms with van der Waals surface area (Å²) < 4.78 is 87.8. The predicted molar refractivity (Wildman–Crippen MR) is 143 cm³/mol. The van der Waals surface area contributed by atoms with Gasteiger partial charge in [0.2, 0.25) is 12.3 Å². The van der Waals surface area contributed by atoms with Crippen molar-refractivity contribution < 1.29 is 41.0 Å². The maximum absolute atomic E-state index is 14.4. The fourth-order valence-corrected chi connectivity index (χ4v) is 7.05. The Morgan fingerprint density at radius 1 is 1.14 bits per heavy atom. The van der Waals surface area contributed by atoms with Crippen LogP contribution in [-0.4, -0.2) is 81.8 Å². The molecule has 3 aliphatic heterocycles. The molecule has 226 valence electrons. The minimum atomic E-state index is -5.41. The first kappa shape index (κ1) is 30.0. The SMILES string of the molecule is C=CC(=O)N1[C@H](C)CN(C2=NC(O)N3C[C@H](c4ccccn4)CSc4c(OC(F)(F)F)c(C(F)(F)F)cc2c43)C[C@@H]1C. The van der Waals surface area contributed by atoms with Gasteiger partial charge in [-0.2, -0.15) is 13.2 Å². The van der Waals surface area contributed by atoms with Crippen molar-refractivity contribution in [2.45, 2.75) is 55.6 Å². The van der Waals surface area contributed by atoms with Gasteiger partial charge in [-0.25, -0.2) is 4.99 Å². The summed E-state index contributed by atoms with van der Waals surface area (Å²) in [5.41, 5.74) is -1.17. The molecule has 1 aromatic heterocycles. The van der Waals surface area contributed by atoms with E-state index in [1.54, 1.807) is 41.8 Å². The number of benzene rings is 1. The van der Waals surface area contributed by atoms with Crippen LogP contribution in [0.1, 0.15) is 36.6 Å². The van der Waals surface area contributed by atoms with E-state index in [-0.39, 0.29) is 48.4 Å². The number of pyridine rings is 1. The summed E-state index contributed by atoms with van der Waals surface area (Å²) in [5, 5.41) is 11.2. The van der Waals surface area contributed by atoms with Gasteiger partial charge in [0.25, 0.3) is 0 Å². The number of amidine groups is 1. The second-order valence-corrected chi connectivity index (χ2v) is 11.3. The number of ether oxygens (including phenoxy) is 1. The van der Waals surface area contributed by atoms with Crippen LogP contribution in [0.4, 0.5) is 32.0 Å². The van der Waals surface area contributed by atoms with Crippen LogP contribution >= 0.6 is 11.8 Å². The van der Waals surface area contributed by atoms with E-state index < -0.39 is 53.1 Å². The molecule has 2 aromatic rings. The normalized spacial score (nSPS) is 24.5. The highest BCUT2D eigenvalue weighted by molar-refractivity contribution is 7.99. The lowest BCUT2D eigenvalue weighted by Gasteiger charge is -2.47. The third-order valence-electron chi connectivity index (χ3n) is 7.38. The van der Waals surface area contributed by atoms with Gasteiger partial charge in [0.15, 0.2) is 5.75 Å². The predicted octanol–water partition coefficient (Wildman–Crippen LogP) is 4.84. The van der Waals surface area contributed by atoms with Crippen molar-refractivity contribution in [3.8, 4) is 5.75 Å². The number of aromatic nitrogens is 1. The summed E-state index contributed by atoms with van der Waals surface area (Å²) in [4.78, 5) is 25.2. The van der Waals surface area contributed by atoms with Crippen LogP contribution < -0.4 is 9.64 Å². The molecule has 5 rings (SSSR count). The van der Waals surface area contributed by atoms with Gasteiger partial charge in [-0.3, -0.25) is 9.78 Å². The van der Waals surface area contributed by atoms with Crippen LogP contribution in [0.2, 0.25) is 0 Å². The molecule has 0 bridgehead atoms. The molecule has 15 heteroatoms. The van der Waals surface area contributed by atoms with E-state index in [0.717, 1.165) is 11.8 Å². The number of aliphatic imine (C=N–C) groups is 1. The van der Waals surface area contributed by atoms with Crippen molar-refractivity contribution in [3.63, 3.8) is 0 Å². The molecule has 8 nitrogen and oxygen atoms in total. The summed E-state index contributed by atoms with van der Waals surface area (Å²) in [6.07, 6.45) is -9.53. The Hall–Kier alpha value is -3.46. The van der Waals surface area contributed by atoms with E-state index >= 15 is 0 Å². The highest BCUT2D eigenvalue weighted by Crippen LogP contribution is 2.53. The Morgan fingerprint density at radius 3 is 2.40 bits per heavy atom. The second kappa shape index (κ2) is 11.0. The van der Waals surface area contributed by atoms with Gasteiger partial charge in [0.1, 0.15) is 5.84 Å². The molecule has 42 heavy (non-hydrogen) atoms. The Balaban J connectivity index is 1.68. The maximum Gasteiger partial charge on any atom is 0.573 e. The van der Waals surface area contributed by atoms with Crippen molar-refractivity contribution >= 4 is 29.2 Å². The Bertz CT molecular complexity index is 1390. The molecule has 3 aliphatic rings. The molecule has 0 saturated carbocycles. The lowest BCUT2D eigenvalue weighted by Crippen LogP contribution is -2.60. The Labute approximate surface area is 241 Å². The lowest BCUT2D eigenvalue weighted by molar-refractivity contribution is -0.277. The summed E-state index contributed by atoms with van der Waals surface area (Å²) in [6, 6.07) is 4.90. The quantitative estimate of drug-likeness (QED) is 0.391. The van der Waals surface area contributed by atoms with Crippen molar-refractivity contribution in [1.82, 2.24) is 14.8 Å². The van der Waals surface area contributed by atoms with Gasteiger partial charge in [-0.1, -0.05) is 12.6 Å². The molecule has 4 heterocycles. The van der Waals surface area contributed by atoms with Gasteiger partial charge in [0, 0.05) is 60.8 Å². The van der Waals surface area contributed by atoms with E-state index in [0.29, 0.717) is 11.8 Å². The van der Waals surface area contributed by atoms with Gasteiger partial charge in [0.05, 0.1) is 16.1 Å². The van der Waals surface area contributed by atoms with Gasteiger partial charge in [-0.15, -0.1) is 24.9 Å². The number of anilines is 1. The van der Waals surface area contributed by atoms with Crippen molar-refractivity contribution in [1.29, 1.82) is 0 Å². The third kappa shape index (κ3) is 5.63. The first-order valence-electron chi connectivity index (χ1n) is 13.0. The van der Waals surface area contributed by atoms with E-state index in [4.69, 9.17) is 0 Å². The maximum atomic E-state index is 14.4. The number of hydrogen-bond donors (Lipinski definition) is 1. The number of hydrogen-bond acceptors (Lipinski definition) is 8. The third-order valence-corrected chi connectivity index (χ3v) is 8.61. The van der Waals surface area contributed by atoms with Crippen LogP contribution in [0.5, 0.6) is 5.75 Å². The molecule has 1 unspecified atom stereocenters. The molecule has 1 N–H and O–H groups in total. The average molecular weight is 616 g/mol. The number of carbonyl (C=O) groups excluding carboxylic acids is 1. The molecule has 4 atom stereocenters. The zero-order valence-corrected chi connectivity index (χ0v) is 23.3. The number of nitrogens with zero attached hydrogens (tertiary/aromatic N) is 5. The standard InChI is InChI=1S/C27H27F6N5O3S/c1-4-20(39)38-14(2)10-36(11-15(38)3)24-17-9-18(26(28,29)30)22(41-27(31,32)33)23-21(17)37(25(40)35-24)12-16(13-42-23)19-7-5-6-8-34-19/h4-9,14-16,25,40H,1,10-13H2,2-3H3/t14-,15+,16-,25?/m0/s1. The number of piperazine rings is 1. The van der Waals surface area contributed by atoms with E-state index in [9.17, 15) is 36.2 Å². The molecular formula is C27H27F6N5O3S. The van der Waals surface area contributed by atoms with E-state index in [1.165, 1.54) is 17.2 Å². The van der Waals surface area contributed by atoms with Crippen LogP contribution in [0.3, 0.4) is 0 Å². The largest absolute Gasteiger partial charge is 0.573 e. The van der Waals surface area contributed by atoms with Crippen LogP contribution in [0.25, 0.3) is 0 Å². The van der Waals surface area contributed by atoms with Crippen LogP contribution in [0, 0.1) is 0 Å². The summed E-state index contributed by atoms with van der Waals surface area (Å²) in [6.45, 7) is 7.35. The fourth-order valence-electron chi connectivity index (χ4n) is 5.76. The molecule has 1 aromatic carbocycles. The highest BCUT2D eigenvalue weighted by Gasteiger charge is 2.47. The smallest absolute Gasteiger partial charge is 0.404 e. The lowest BCUT2D eigenvalue weighted by atomic mass is 9.99. The van der Waals surface area contributed by atoms with Crippen molar-refractivity contribution in [2.75, 3.05) is 30.3 Å². The van der Waals surface area contributed by atoms with Gasteiger partial charge in [-0.05, 0) is 38.1 Å². The number of alkyl halides is 6. The number of aliphatic hydroxyl groups excluding tert-OH is 1. The summed E-state index contributed by atoms with van der Waals surface area (Å²) in [7, 11) is 0. The highest BCUT2D eigenvalue weighted by atomic mass is 32.2. The van der Waals surface area contributed by atoms with Crippen LogP contribution in [-0.2, 0) is 11.0 Å². The molecule has 1 saturated heterocycles. The van der Waals surface area contributed by atoms with E-state index in [1.807, 2.05) is 0 Å². The number of carbonyl (C=O) groups is 1. The number of thioether (sulfide) groups is 1. The van der Waals surface area contributed by atoms with Crippen molar-refractivity contribution in [3.05, 3.63) is 59.9 Å². The average Bonchev–Trinajstić information content (AvgIpc) is 3.11. The molecule has 1 fully saturated rings. The zero-order chi connectivity index (χ0) is 30.6. The molecule has 0 radical (unpaired) electrons. The number of halogens is 6. The number of amides is 1. The van der Waals surface area contributed by atoms with E-state index in [2.05, 4.69) is 21.3 Å². The fraction of sp³-hybridized carbons (Fsp3) is 0.444. The number of rotatable bonds is 3. The summed E-state index contributed by atoms with van der Waals surface area (Å²) >= 11 is 0.781. The second-order valence-electron chi connectivity index (χ2n) is 10.3. The summed E-state index contributed by atoms with van der Waals surface area (Å²) in [5.74, 6) is -2.11. The zero-order valence-electron chi connectivity index (χ0n) is 22.5. The first-order valence-corrected chi connectivity index (χ1v) is 14.0. The Morgan fingerprint density at radius 2 is 1.83 bits per heavy atom. The monoisotopic (exact) mass is 615 g/mol. The minimum Gasteiger partial charge on any atom is -0.404 e. The van der Waals surface area contributed by atoms with Crippen LogP contribution in [0.15, 0.2) is 53.0 Å². The minimum absolute atomic E-state index is 0.0136. The molecule has 0 spiro atoms. The number of aliphatic hydroxyl groups is 1. The Kier molecular flexibility index (Phi) is 7.85. The van der Waals surface area contributed by atoms with Gasteiger partial charge >= 0.3 is 12.5 Å². The van der Waals surface area contributed by atoms with Gasteiger partial charge < -0.3 is 24.5 Å². The molecular weight excluding hydrogens is 588 g/mol. The van der Waals surface area contributed by atoms with Crippen molar-refractivity contribution in [2.24, 2.45) is 4.99 Å². The molecule has 0 aliphatic carbocycles. The first-order chi connectivity index (χ1) is 19.7. The molecule has 1 amide bonds. The topological polar surface area (TPSA) is 81.5 Å².